The molecule has 0 amide bonds. The minimum atomic E-state index is -0.450. The molecule has 50 heavy (non-hydrogen) atoms. The number of benzene rings is 3. The van der Waals surface area contributed by atoms with Crippen molar-refractivity contribution in [2.24, 2.45) is 5.92 Å². The van der Waals surface area contributed by atoms with Gasteiger partial charge < -0.3 is 28.7 Å². The summed E-state index contributed by atoms with van der Waals surface area (Å²) in [6.45, 7) is 2.08. The summed E-state index contributed by atoms with van der Waals surface area (Å²) in [7, 11) is 7.93. The summed E-state index contributed by atoms with van der Waals surface area (Å²) in [6.07, 6.45) is 9.01. The highest BCUT2D eigenvalue weighted by atomic mass is 16.6. The van der Waals surface area contributed by atoms with E-state index in [0.717, 1.165) is 55.8 Å². The summed E-state index contributed by atoms with van der Waals surface area (Å²) < 4.78 is 23.4. The van der Waals surface area contributed by atoms with E-state index in [4.69, 9.17) is 18.9 Å². The first-order valence-electron chi connectivity index (χ1n) is 18.5. The van der Waals surface area contributed by atoms with Gasteiger partial charge in [-0.1, -0.05) is 49.2 Å². The molecule has 0 unspecified atom stereocenters. The van der Waals surface area contributed by atoms with Gasteiger partial charge in [-0.25, -0.2) is 0 Å². The molecule has 0 radical (unpaired) electrons. The van der Waals surface area contributed by atoms with Gasteiger partial charge in [-0.2, -0.15) is 0 Å². The van der Waals surface area contributed by atoms with Crippen molar-refractivity contribution in [1.82, 2.24) is 9.80 Å². The third-order valence-corrected chi connectivity index (χ3v) is 11.3. The Kier molecular flexibility index (Phi) is 11.8. The second-order valence-electron chi connectivity index (χ2n) is 14.8. The van der Waals surface area contributed by atoms with Crippen LogP contribution in [0, 0.1) is 5.92 Å². The normalized spacial score (nSPS) is 21.9. The Morgan fingerprint density at radius 1 is 0.940 bits per heavy atom. The fourth-order valence-corrected chi connectivity index (χ4v) is 8.59. The number of carbonyl (C=O) groups is 2. The van der Waals surface area contributed by atoms with Crippen LogP contribution in [-0.4, -0.2) is 81.8 Å². The third-order valence-electron chi connectivity index (χ3n) is 11.3. The number of hydrogen-bond donors (Lipinski definition) is 0. The van der Waals surface area contributed by atoms with Crippen LogP contribution < -0.4 is 14.2 Å². The maximum atomic E-state index is 13.0. The molecule has 1 heterocycles. The van der Waals surface area contributed by atoms with Crippen LogP contribution in [0.15, 0.2) is 66.7 Å². The number of para-hydroxylation sites is 1. The molecule has 6 rings (SSSR count). The van der Waals surface area contributed by atoms with Crippen molar-refractivity contribution in [1.29, 1.82) is 0 Å². The maximum Gasteiger partial charge on any atom is 0.311 e. The fraction of sp³-hybridized carbons (Fsp3) is 0.524. The molecule has 8 nitrogen and oxygen atoms in total. The van der Waals surface area contributed by atoms with Gasteiger partial charge >= 0.3 is 11.9 Å². The van der Waals surface area contributed by atoms with E-state index in [1.807, 2.05) is 50.5 Å². The molecule has 2 bridgehead atoms. The number of likely N-dealkylation sites (N-methyl/N-ethyl adjacent to an activating group) is 1. The lowest BCUT2D eigenvalue weighted by atomic mass is 9.52. The van der Waals surface area contributed by atoms with Crippen LogP contribution >= 0.6 is 0 Å². The van der Waals surface area contributed by atoms with Crippen LogP contribution in [0.25, 0.3) is 0 Å². The van der Waals surface area contributed by atoms with Gasteiger partial charge in [0.05, 0.1) is 20.0 Å². The molecule has 2 aliphatic carbocycles. The van der Waals surface area contributed by atoms with Crippen molar-refractivity contribution < 1.29 is 28.5 Å². The lowest BCUT2D eigenvalue weighted by Crippen LogP contribution is -2.59. The van der Waals surface area contributed by atoms with E-state index in [1.165, 1.54) is 42.4 Å². The monoisotopic (exact) mass is 682 g/mol. The number of piperidine rings is 1. The Labute approximate surface area is 298 Å². The summed E-state index contributed by atoms with van der Waals surface area (Å²) in [5, 5.41) is 0. The van der Waals surface area contributed by atoms with Crippen molar-refractivity contribution in [3.63, 3.8) is 0 Å². The maximum absolute atomic E-state index is 13.0. The molecule has 4 atom stereocenters. The average molecular weight is 683 g/mol. The van der Waals surface area contributed by atoms with Crippen molar-refractivity contribution in [3.8, 4) is 17.2 Å². The first-order chi connectivity index (χ1) is 24.2. The van der Waals surface area contributed by atoms with Crippen LogP contribution in [0.3, 0.4) is 0 Å². The zero-order chi connectivity index (χ0) is 35.1. The predicted molar refractivity (Wildman–Crippen MR) is 195 cm³/mol. The second kappa shape index (κ2) is 16.4. The second-order valence-corrected chi connectivity index (χ2v) is 14.8. The number of carbonyl (C=O) groups excluding carboxylic acids is 2. The first kappa shape index (κ1) is 35.9. The standard InChI is InChI=1S/C42H54N2O6/c1-43(2)24-21-35(29-48-39-14-6-5-11-31(39)16-15-30-10-9-12-33(26-30)47-4)50-41(46)20-19-40(45)49-34-18-17-32-27-38-36-13-7-8-22-42(36,37(32)28-34)23-25-44(38)3/h5-6,9-12,14,17-18,26,28,35-36,38H,7-8,13,15-16,19-25,27,29H2,1-4H3/t35-,36+,38-,42-/m0/s1. The molecule has 3 aromatic rings. The van der Waals surface area contributed by atoms with E-state index in [9.17, 15) is 9.59 Å². The minimum absolute atomic E-state index is 0.0368. The van der Waals surface area contributed by atoms with E-state index in [2.05, 4.69) is 47.2 Å². The fourth-order valence-electron chi connectivity index (χ4n) is 8.59. The molecule has 268 valence electrons. The van der Waals surface area contributed by atoms with Gasteiger partial charge in [-0.15, -0.1) is 0 Å². The van der Waals surface area contributed by atoms with Crippen LogP contribution in [0.4, 0.5) is 0 Å². The van der Waals surface area contributed by atoms with E-state index in [0.29, 0.717) is 24.1 Å². The summed E-state index contributed by atoms with van der Waals surface area (Å²) in [5.74, 6) is 2.04. The number of nitrogens with zero attached hydrogens (tertiary/aromatic N) is 2. The van der Waals surface area contributed by atoms with Gasteiger partial charge in [0.1, 0.15) is 30.0 Å². The van der Waals surface area contributed by atoms with E-state index in [-0.39, 0.29) is 24.9 Å². The topological polar surface area (TPSA) is 77.5 Å². The minimum Gasteiger partial charge on any atom is -0.497 e. The molecule has 0 N–H and O–H groups in total. The number of hydrogen-bond acceptors (Lipinski definition) is 8. The summed E-state index contributed by atoms with van der Waals surface area (Å²) in [4.78, 5) is 30.6. The lowest BCUT2D eigenvalue weighted by Gasteiger charge is -2.58. The van der Waals surface area contributed by atoms with Gasteiger partial charge in [0.2, 0.25) is 0 Å². The number of rotatable bonds is 15. The Morgan fingerprint density at radius 2 is 1.78 bits per heavy atom. The highest BCUT2D eigenvalue weighted by Crippen LogP contribution is 2.56. The number of methoxy groups -OCH3 is 1. The van der Waals surface area contributed by atoms with Crippen LogP contribution in [-0.2, 0) is 39.0 Å². The molecule has 1 aliphatic heterocycles. The molecule has 0 spiro atoms. The van der Waals surface area contributed by atoms with Crippen molar-refractivity contribution in [2.75, 3.05) is 47.9 Å². The predicted octanol–water partition coefficient (Wildman–Crippen LogP) is 6.80. The Bertz CT molecular complexity index is 1620. The lowest BCUT2D eigenvalue weighted by molar-refractivity contribution is -0.153. The Morgan fingerprint density at radius 3 is 2.62 bits per heavy atom. The highest BCUT2D eigenvalue weighted by Gasteiger charge is 2.53. The molecule has 3 aliphatic rings. The molecule has 2 fully saturated rings. The molecule has 8 heteroatoms. The molecular formula is C42H54N2O6. The average Bonchev–Trinajstić information content (AvgIpc) is 3.13. The number of ether oxygens (including phenoxy) is 4. The zero-order valence-corrected chi connectivity index (χ0v) is 30.3. The molecular weight excluding hydrogens is 628 g/mol. The summed E-state index contributed by atoms with van der Waals surface area (Å²) >= 11 is 0. The third kappa shape index (κ3) is 8.52. The highest BCUT2D eigenvalue weighted by molar-refractivity contribution is 5.79. The van der Waals surface area contributed by atoms with E-state index < -0.39 is 18.0 Å². The van der Waals surface area contributed by atoms with Gasteiger partial charge in [0, 0.05) is 24.4 Å². The Balaban J connectivity index is 1.02. The smallest absolute Gasteiger partial charge is 0.311 e. The molecule has 1 saturated carbocycles. The Hall–Kier alpha value is -3.88. The summed E-state index contributed by atoms with van der Waals surface area (Å²) in [5.41, 5.74) is 5.26. The molecule has 3 aromatic carbocycles. The number of esters is 2. The van der Waals surface area contributed by atoms with Crippen LogP contribution in [0.2, 0.25) is 0 Å². The quantitative estimate of drug-likeness (QED) is 0.128. The van der Waals surface area contributed by atoms with Gasteiger partial charge in [0.25, 0.3) is 0 Å². The zero-order valence-electron chi connectivity index (χ0n) is 30.3. The van der Waals surface area contributed by atoms with Gasteiger partial charge in [-0.3, -0.25) is 9.59 Å². The number of fused-ring (bicyclic) bond motifs is 1. The largest absolute Gasteiger partial charge is 0.497 e. The molecule has 0 aromatic heterocycles. The van der Waals surface area contributed by atoms with Crippen molar-refractivity contribution in [3.05, 3.63) is 89.0 Å². The van der Waals surface area contributed by atoms with E-state index in [1.54, 1.807) is 7.11 Å². The SMILES string of the molecule is COc1cccc(CCc2ccccc2OC[C@H](CCN(C)C)OC(=O)CCC(=O)Oc2ccc3c(c2)[C@]24CCCC[C@@H]2[C@H](C3)N(C)CC4)c1. The van der Waals surface area contributed by atoms with Crippen LogP contribution in [0.5, 0.6) is 17.2 Å². The van der Waals surface area contributed by atoms with Crippen molar-refractivity contribution in [2.45, 2.75) is 88.2 Å². The summed E-state index contributed by atoms with van der Waals surface area (Å²) in [6, 6.07) is 22.9. The van der Waals surface area contributed by atoms with Crippen LogP contribution in [0.1, 0.15) is 73.6 Å². The molecule has 1 saturated heterocycles. The van der Waals surface area contributed by atoms with Crippen molar-refractivity contribution >= 4 is 11.9 Å². The van der Waals surface area contributed by atoms with Gasteiger partial charge in [-0.05, 0) is 125 Å². The number of likely N-dealkylation sites (tertiary alicyclic amines) is 1. The van der Waals surface area contributed by atoms with E-state index >= 15 is 0 Å². The first-order valence-corrected chi connectivity index (χ1v) is 18.5. The van der Waals surface area contributed by atoms with Gasteiger partial charge in [0.15, 0.2) is 0 Å². The number of aryl methyl sites for hydroxylation is 2.